The molecule has 0 unspecified atom stereocenters. The lowest BCUT2D eigenvalue weighted by Crippen LogP contribution is -2.21. The Morgan fingerprint density at radius 3 is 2.48 bits per heavy atom. The van der Waals surface area contributed by atoms with Crippen molar-refractivity contribution in [2.45, 2.75) is 6.92 Å². The number of anilines is 1. The van der Waals surface area contributed by atoms with Gasteiger partial charge in [-0.25, -0.2) is 9.78 Å². The minimum atomic E-state index is -0.573. The molecular formula is C24H20N2O4S. The number of aromatic nitrogens is 1. The van der Waals surface area contributed by atoms with E-state index in [1.54, 1.807) is 36.4 Å². The maximum absolute atomic E-state index is 12.7. The molecule has 1 amide bonds. The summed E-state index contributed by atoms with van der Waals surface area (Å²) in [6, 6.07) is 21.9. The summed E-state index contributed by atoms with van der Waals surface area (Å²) in [6.45, 7) is 2.08. The van der Waals surface area contributed by atoms with Crippen molar-refractivity contribution in [2.75, 3.05) is 18.5 Å². The Labute approximate surface area is 183 Å². The fourth-order valence-corrected chi connectivity index (χ4v) is 4.05. The number of ether oxygens (including phenoxy) is 2. The van der Waals surface area contributed by atoms with Gasteiger partial charge >= 0.3 is 5.97 Å². The van der Waals surface area contributed by atoms with E-state index in [4.69, 9.17) is 9.47 Å². The lowest BCUT2D eigenvalue weighted by Gasteiger charge is -2.09. The number of nitrogens with one attached hydrogen (secondary N) is 1. The minimum absolute atomic E-state index is 0.371. The number of thiazole rings is 1. The molecule has 0 saturated carbocycles. The monoisotopic (exact) mass is 432 g/mol. The van der Waals surface area contributed by atoms with E-state index in [2.05, 4.69) is 10.3 Å². The third-order valence-electron chi connectivity index (χ3n) is 4.45. The molecule has 1 N–H and O–H groups in total. The summed E-state index contributed by atoms with van der Waals surface area (Å²) in [5.74, 6) is -0.273. The van der Waals surface area contributed by atoms with Crippen LogP contribution in [0.5, 0.6) is 5.75 Å². The van der Waals surface area contributed by atoms with Crippen LogP contribution >= 0.6 is 11.3 Å². The quantitative estimate of drug-likeness (QED) is 0.408. The third-order valence-corrected chi connectivity index (χ3v) is 5.52. The van der Waals surface area contributed by atoms with E-state index in [1.165, 1.54) is 11.3 Å². The van der Waals surface area contributed by atoms with Crippen molar-refractivity contribution in [2.24, 2.45) is 0 Å². The molecule has 0 aliphatic carbocycles. The van der Waals surface area contributed by atoms with Gasteiger partial charge < -0.3 is 14.8 Å². The zero-order valence-corrected chi connectivity index (χ0v) is 17.6. The average molecular weight is 433 g/mol. The highest BCUT2D eigenvalue weighted by Gasteiger charge is 2.18. The second-order valence-electron chi connectivity index (χ2n) is 6.61. The van der Waals surface area contributed by atoms with Crippen molar-refractivity contribution in [1.82, 2.24) is 4.98 Å². The number of esters is 1. The van der Waals surface area contributed by atoms with Crippen molar-refractivity contribution in [3.63, 3.8) is 0 Å². The molecule has 0 spiro atoms. The molecule has 156 valence electrons. The Bertz CT molecular complexity index is 1180. The third kappa shape index (κ3) is 4.90. The van der Waals surface area contributed by atoms with Crippen LogP contribution in [0.1, 0.15) is 17.3 Å². The summed E-state index contributed by atoms with van der Waals surface area (Å²) in [4.78, 5) is 29.5. The zero-order chi connectivity index (χ0) is 21.6. The van der Waals surface area contributed by atoms with Gasteiger partial charge in [0, 0.05) is 11.3 Å². The fourth-order valence-electron chi connectivity index (χ4n) is 3.04. The van der Waals surface area contributed by atoms with Gasteiger partial charge in [-0.2, -0.15) is 0 Å². The zero-order valence-electron chi connectivity index (χ0n) is 16.8. The number of hydrogen-bond acceptors (Lipinski definition) is 6. The predicted molar refractivity (Wildman–Crippen MR) is 122 cm³/mol. The molecular weight excluding hydrogens is 412 g/mol. The van der Waals surface area contributed by atoms with Crippen LogP contribution in [-0.4, -0.2) is 30.1 Å². The Hall–Kier alpha value is -3.71. The van der Waals surface area contributed by atoms with E-state index in [-0.39, 0.29) is 6.61 Å². The maximum Gasteiger partial charge on any atom is 0.339 e. The normalized spacial score (nSPS) is 10.6. The van der Waals surface area contributed by atoms with Gasteiger partial charge in [0.2, 0.25) is 0 Å². The topological polar surface area (TPSA) is 77.5 Å². The number of fused-ring (bicyclic) bond motifs is 1. The number of carbonyl (C=O) groups is 2. The van der Waals surface area contributed by atoms with Crippen LogP contribution in [0.3, 0.4) is 0 Å². The molecule has 1 aromatic heterocycles. The molecule has 0 atom stereocenters. The van der Waals surface area contributed by atoms with Gasteiger partial charge in [0.1, 0.15) is 10.8 Å². The molecule has 0 aliphatic rings. The van der Waals surface area contributed by atoms with Crippen molar-refractivity contribution < 1.29 is 19.1 Å². The van der Waals surface area contributed by atoms with Gasteiger partial charge in [-0.1, -0.05) is 30.3 Å². The van der Waals surface area contributed by atoms with Gasteiger partial charge in [-0.15, -0.1) is 11.3 Å². The SMILES string of the molecule is CCOc1ccc(NC(=O)COC(=O)c2ccccc2-c2nc3ccccc3s2)cc1. The highest BCUT2D eigenvalue weighted by atomic mass is 32.1. The van der Waals surface area contributed by atoms with Crippen LogP contribution in [0.25, 0.3) is 20.8 Å². The summed E-state index contributed by atoms with van der Waals surface area (Å²) in [5.41, 5.74) is 2.52. The molecule has 0 bridgehead atoms. The highest BCUT2D eigenvalue weighted by molar-refractivity contribution is 7.21. The molecule has 0 aliphatic heterocycles. The lowest BCUT2D eigenvalue weighted by atomic mass is 10.1. The molecule has 0 saturated heterocycles. The standard InChI is InChI=1S/C24H20N2O4S/c1-2-29-17-13-11-16(12-14-17)25-22(27)15-30-24(28)19-8-4-3-7-18(19)23-26-20-9-5-6-10-21(20)31-23/h3-14H,2,15H2,1H3,(H,25,27). The van der Waals surface area contributed by atoms with Crippen LogP contribution in [0.2, 0.25) is 0 Å². The Balaban J connectivity index is 1.42. The molecule has 4 rings (SSSR count). The van der Waals surface area contributed by atoms with E-state index in [0.29, 0.717) is 23.4 Å². The van der Waals surface area contributed by atoms with Gasteiger partial charge in [0.25, 0.3) is 5.91 Å². The van der Waals surface area contributed by atoms with Crippen LogP contribution < -0.4 is 10.1 Å². The Kier molecular flexibility index (Phi) is 6.24. The van der Waals surface area contributed by atoms with E-state index < -0.39 is 11.9 Å². The number of rotatable bonds is 7. The van der Waals surface area contributed by atoms with Gasteiger partial charge in [0.05, 0.1) is 22.4 Å². The predicted octanol–water partition coefficient (Wildman–Crippen LogP) is 5.16. The summed E-state index contributed by atoms with van der Waals surface area (Å²) >= 11 is 1.50. The minimum Gasteiger partial charge on any atom is -0.494 e. The molecule has 0 radical (unpaired) electrons. The van der Waals surface area contributed by atoms with Crippen molar-refractivity contribution in [3.05, 3.63) is 78.4 Å². The Morgan fingerprint density at radius 1 is 0.968 bits per heavy atom. The molecule has 7 heteroatoms. The van der Waals surface area contributed by atoms with Gasteiger partial charge in [-0.05, 0) is 49.4 Å². The summed E-state index contributed by atoms with van der Waals surface area (Å²) in [5, 5.41) is 3.43. The van der Waals surface area contributed by atoms with Crippen LogP contribution in [-0.2, 0) is 9.53 Å². The first-order valence-electron chi connectivity index (χ1n) is 9.79. The summed E-state index contributed by atoms with van der Waals surface area (Å²) in [6.07, 6.45) is 0. The summed E-state index contributed by atoms with van der Waals surface area (Å²) < 4.78 is 11.7. The summed E-state index contributed by atoms with van der Waals surface area (Å²) in [7, 11) is 0. The molecule has 6 nitrogen and oxygen atoms in total. The van der Waals surface area contributed by atoms with E-state index in [9.17, 15) is 9.59 Å². The molecule has 0 fully saturated rings. The van der Waals surface area contributed by atoms with Crippen molar-refractivity contribution in [3.8, 4) is 16.3 Å². The average Bonchev–Trinajstić information content (AvgIpc) is 3.23. The fraction of sp³-hybridized carbons (Fsp3) is 0.125. The van der Waals surface area contributed by atoms with Gasteiger partial charge in [-0.3, -0.25) is 4.79 Å². The largest absolute Gasteiger partial charge is 0.494 e. The first-order chi connectivity index (χ1) is 15.1. The van der Waals surface area contributed by atoms with E-state index in [0.717, 1.165) is 21.0 Å². The molecule has 4 aromatic rings. The number of carbonyl (C=O) groups excluding carboxylic acids is 2. The van der Waals surface area contributed by atoms with E-state index >= 15 is 0 Å². The van der Waals surface area contributed by atoms with Crippen LogP contribution in [0.15, 0.2) is 72.8 Å². The maximum atomic E-state index is 12.7. The first-order valence-corrected chi connectivity index (χ1v) is 10.6. The van der Waals surface area contributed by atoms with Crippen molar-refractivity contribution in [1.29, 1.82) is 0 Å². The number of amides is 1. The van der Waals surface area contributed by atoms with E-state index in [1.807, 2.05) is 43.3 Å². The van der Waals surface area contributed by atoms with Crippen LogP contribution in [0, 0.1) is 0 Å². The number of nitrogens with zero attached hydrogens (tertiary/aromatic N) is 1. The number of para-hydroxylation sites is 1. The van der Waals surface area contributed by atoms with Gasteiger partial charge in [0.15, 0.2) is 6.61 Å². The smallest absolute Gasteiger partial charge is 0.339 e. The lowest BCUT2D eigenvalue weighted by molar-refractivity contribution is -0.119. The van der Waals surface area contributed by atoms with Crippen LogP contribution in [0.4, 0.5) is 5.69 Å². The number of benzene rings is 3. The van der Waals surface area contributed by atoms with Crippen molar-refractivity contribution >= 4 is 39.1 Å². The Morgan fingerprint density at radius 2 is 1.71 bits per heavy atom. The second kappa shape index (κ2) is 9.40. The second-order valence-corrected chi connectivity index (χ2v) is 7.64. The number of hydrogen-bond donors (Lipinski definition) is 1. The molecule has 1 heterocycles. The first kappa shape index (κ1) is 20.6. The molecule has 31 heavy (non-hydrogen) atoms. The highest BCUT2D eigenvalue weighted by Crippen LogP contribution is 2.32. The molecule has 3 aromatic carbocycles.